The molecule has 2 aromatic rings. The molecule has 1 heterocycles. The fourth-order valence-corrected chi connectivity index (χ4v) is 2.71. The highest BCUT2D eigenvalue weighted by atomic mass is 35.5. The number of para-hydroxylation sites is 1. The topological polar surface area (TPSA) is 51.5 Å². The number of carboxylic acids is 1. The van der Waals surface area contributed by atoms with Gasteiger partial charge in [0, 0.05) is 23.1 Å². The van der Waals surface area contributed by atoms with Crippen molar-refractivity contribution >= 4 is 34.5 Å². The summed E-state index contributed by atoms with van der Waals surface area (Å²) in [6.07, 6.45) is 2.53. The van der Waals surface area contributed by atoms with Gasteiger partial charge in [0.25, 0.3) is 0 Å². The van der Waals surface area contributed by atoms with E-state index in [0.717, 1.165) is 35.2 Å². The molecule has 0 aliphatic rings. The van der Waals surface area contributed by atoms with E-state index in [4.69, 9.17) is 21.4 Å². The Hall–Kier alpha value is -1.94. The average Bonchev–Trinajstić information content (AvgIpc) is 2.73. The second-order valence-electron chi connectivity index (χ2n) is 4.85. The lowest BCUT2D eigenvalue weighted by Crippen LogP contribution is -1.98. The highest BCUT2D eigenvalue weighted by Crippen LogP contribution is 2.37. The van der Waals surface area contributed by atoms with Crippen LogP contribution in [0.5, 0.6) is 5.75 Å². The fraction of sp³-hybridized carbons (Fsp3) is 0.312. The number of nitrogens with zero attached hydrogens (tertiary/aromatic N) is 1. The van der Waals surface area contributed by atoms with Gasteiger partial charge in [0.15, 0.2) is 0 Å². The molecule has 0 fully saturated rings. The predicted molar refractivity (Wildman–Crippen MR) is 85.1 cm³/mol. The van der Waals surface area contributed by atoms with Crippen molar-refractivity contribution < 1.29 is 14.6 Å². The van der Waals surface area contributed by atoms with Crippen molar-refractivity contribution in [1.29, 1.82) is 0 Å². The Bertz CT molecular complexity index is 716. The third-order valence-electron chi connectivity index (χ3n) is 3.38. The molecule has 0 saturated carbocycles. The van der Waals surface area contributed by atoms with Gasteiger partial charge in [0.05, 0.1) is 12.6 Å². The van der Waals surface area contributed by atoms with Gasteiger partial charge in [-0.3, -0.25) is 0 Å². The average molecular weight is 308 g/mol. The number of benzene rings is 1. The molecule has 1 aromatic heterocycles. The van der Waals surface area contributed by atoms with Gasteiger partial charge in [-0.1, -0.05) is 30.7 Å². The number of fused-ring (bicyclic) bond motifs is 1. The summed E-state index contributed by atoms with van der Waals surface area (Å²) in [5.41, 5.74) is 1.87. The summed E-state index contributed by atoms with van der Waals surface area (Å²) in [7, 11) is 1.62. The summed E-state index contributed by atoms with van der Waals surface area (Å²) in [4.78, 5) is 11.1. The molecule has 1 N–H and O–H groups in total. The van der Waals surface area contributed by atoms with Gasteiger partial charge in [-0.05, 0) is 25.5 Å². The summed E-state index contributed by atoms with van der Waals surface area (Å²) in [6.45, 7) is 4.37. The number of aromatic nitrogens is 1. The number of carbonyl (C=O) groups is 1. The van der Waals surface area contributed by atoms with Crippen LogP contribution < -0.4 is 4.74 Å². The lowest BCUT2D eigenvalue weighted by molar-refractivity contribution is -0.132. The normalized spacial score (nSPS) is 11.9. The first kappa shape index (κ1) is 15.4. The van der Waals surface area contributed by atoms with Gasteiger partial charge in [0.2, 0.25) is 0 Å². The number of hydrogen-bond donors (Lipinski definition) is 1. The summed E-state index contributed by atoms with van der Waals surface area (Å²) in [5.74, 6) is -0.221. The van der Waals surface area contributed by atoms with E-state index in [1.165, 1.54) is 0 Å². The third kappa shape index (κ3) is 2.76. The van der Waals surface area contributed by atoms with E-state index in [9.17, 15) is 4.79 Å². The number of aliphatic carboxylic acids is 1. The molecule has 0 saturated heterocycles. The Morgan fingerprint density at radius 1 is 1.48 bits per heavy atom. The maximum atomic E-state index is 11.1. The van der Waals surface area contributed by atoms with E-state index in [1.54, 1.807) is 20.1 Å². The first-order valence-electron chi connectivity index (χ1n) is 6.77. The van der Waals surface area contributed by atoms with Gasteiger partial charge in [0.1, 0.15) is 10.9 Å². The molecule has 2 rings (SSSR count). The summed E-state index contributed by atoms with van der Waals surface area (Å²) in [6, 6.07) is 5.68. The Morgan fingerprint density at radius 2 is 2.19 bits per heavy atom. The maximum Gasteiger partial charge on any atom is 0.331 e. The molecule has 0 radical (unpaired) electrons. The van der Waals surface area contributed by atoms with Crippen LogP contribution in [0.1, 0.15) is 25.8 Å². The molecular weight excluding hydrogens is 290 g/mol. The molecule has 0 atom stereocenters. The number of rotatable bonds is 5. The minimum Gasteiger partial charge on any atom is -0.495 e. The van der Waals surface area contributed by atoms with Crippen molar-refractivity contribution in [3.05, 3.63) is 34.5 Å². The van der Waals surface area contributed by atoms with Crippen LogP contribution in [-0.2, 0) is 11.3 Å². The molecule has 0 amide bonds. The minimum atomic E-state index is -0.953. The number of methoxy groups -OCH3 is 1. The highest BCUT2D eigenvalue weighted by molar-refractivity contribution is 6.33. The van der Waals surface area contributed by atoms with E-state index < -0.39 is 5.97 Å². The molecule has 21 heavy (non-hydrogen) atoms. The van der Waals surface area contributed by atoms with Crippen LogP contribution in [0.15, 0.2) is 23.8 Å². The number of carboxylic acid groups (broad SMARTS) is 1. The second kappa shape index (κ2) is 6.22. The van der Waals surface area contributed by atoms with Crippen molar-refractivity contribution in [2.45, 2.75) is 26.8 Å². The second-order valence-corrected chi connectivity index (χ2v) is 5.20. The molecule has 112 valence electrons. The van der Waals surface area contributed by atoms with E-state index in [2.05, 4.69) is 6.92 Å². The zero-order valence-electron chi connectivity index (χ0n) is 12.3. The van der Waals surface area contributed by atoms with Crippen LogP contribution in [0.4, 0.5) is 0 Å². The third-order valence-corrected chi connectivity index (χ3v) is 3.79. The monoisotopic (exact) mass is 307 g/mol. The van der Waals surface area contributed by atoms with Gasteiger partial charge >= 0.3 is 5.97 Å². The highest BCUT2D eigenvalue weighted by Gasteiger charge is 2.17. The Labute approximate surface area is 128 Å². The Kier molecular flexibility index (Phi) is 4.58. The molecule has 1 aromatic carbocycles. The van der Waals surface area contributed by atoms with Gasteiger partial charge in [-0.25, -0.2) is 4.79 Å². The summed E-state index contributed by atoms with van der Waals surface area (Å²) < 4.78 is 7.39. The van der Waals surface area contributed by atoms with Crippen LogP contribution in [-0.4, -0.2) is 22.8 Å². The molecule has 0 spiro atoms. The van der Waals surface area contributed by atoms with E-state index >= 15 is 0 Å². The molecule has 4 nitrogen and oxygen atoms in total. The standard InChI is InChI=1S/C16H18ClNO3/c1-4-8-18-14-11(6-5-7-13(14)21-3)12(15(18)17)9-10(2)16(19)20/h5-7,9H,4,8H2,1-3H3,(H,19,20)/b10-9+. The van der Waals surface area contributed by atoms with Gasteiger partial charge in [-0.15, -0.1) is 0 Å². The zero-order chi connectivity index (χ0) is 15.6. The van der Waals surface area contributed by atoms with Gasteiger partial charge in [-0.2, -0.15) is 0 Å². The fourth-order valence-electron chi connectivity index (χ4n) is 2.39. The molecule has 0 unspecified atom stereocenters. The van der Waals surface area contributed by atoms with Crippen molar-refractivity contribution in [3.63, 3.8) is 0 Å². The van der Waals surface area contributed by atoms with Crippen LogP contribution in [0, 0.1) is 0 Å². The van der Waals surface area contributed by atoms with E-state index in [1.807, 2.05) is 22.8 Å². The minimum absolute atomic E-state index is 0.246. The Morgan fingerprint density at radius 3 is 2.76 bits per heavy atom. The van der Waals surface area contributed by atoms with Gasteiger partial charge < -0.3 is 14.4 Å². The molecular formula is C16H18ClNO3. The summed E-state index contributed by atoms with van der Waals surface area (Å²) >= 11 is 6.48. The number of ether oxygens (including phenoxy) is 1. The number of aryl methyl sites for hydroxylation is 1. The first-order chi connectivity index (χ1) is 10.0. The quantitative estimate of drug-likeness (QED) is 0.842. The largest absolute Gasteiger partial charge is 0.495 e. The van der Waals surface area contributed by atoms with Crippen LogP contribution in [0.2, 0.25) is 5.15 Å². The van der Waals surface area contributed by atoms with Crippen LogP contribution in [0.3, 0.4) is 0 Å². The first-order valence-corrected chi connectivity index (χ1v) is 7.15. The van der Waals surface area contributed by atoms with E-state index in [-0.39, 0.29) is 5.57 Å². The van der Waals surface area contributed by atoms with Crippen molar-refractivity contribution in [1.82, 2.24) is 4.57 Å². The maximum absolute atomic E-state index is 11.1. The van der Waals surface area contributed by atoms with E-state index in [0.29, 0.717) is 5.15 Å². The molecule has 0 aliphatic carbocycles. The van der Waals surface area contributed by atoms with Crippen LogP contribution >= 0.6 is 11.6 Å². The predicted octanol–water partition coefficient (Wildman–Crippen LogP) is 4.20. The molecule has 0 aliphatic heterocycles. The van der Waals surface area contributed by atoms with Crippen molar-refractivity contribution in [3.8, 4) is 5.75 Å². The SMILES string of the molecule is CCCn1c(Cl)c(/C=C(\C)C(=O)O)c2cccc(OC)c21. The molecule has 5 heteroatoms. The molecule has 0 bridgehead atoms. The lowest BCUT2D eigenvalue weighted by atomic mass is 10.1. The van der Waals surface area contributed by atoms with Crippen molar-refractivity contribution in [2.24, 2.45) is 0 Å². The smallest absolute Gasteiger partial charge is 0.331 e. The Balaban J connectivity index is 2.80. The lowest BCUT2D eigenvalue weighted by Gasteiger charge is -2.08. The van der Waals surface area contributed by atoms with Crippen LogP contribution in [0.25, 0.3) is 17.0 Å². The summed E-state index contributed by atoms with van der Waals surface area (Å²) in [5, 5.41) is 10.5. The number of halogens is 1. The van der Waals surface area contributed by atoms with Crippen molar-refractivity contribution in [2.75, 3.05) is 7.11 Å². The number of hydrogen-bond acceptors (Lipinski definition) is 2. The zero-order valence-corrected chi connectivity index (χ0v) is 13.1.